The molecule has 1 aliphatic heterocycles. The van der Waals surface area contributed by atoms with Gasteiger partial charge in [-0.05, 0) is 5.92 Å². The van der Waals surface area contributed by atoms with Crippen LogP contribution >= 0.6 is 11.6 Å². The standard InChI is InChI=1S/C8H12ClNO2/c9-2-1-3-10-5-7(6-10)4-8(11)12/h1-2,7H,3-6H2,(H,11,12). The third kappa shape index (κ3) is 2.83. The minimum Gasteiger partial charge on any atom is -0.481 e. The predicted octanol–water partition coefficient (Wildman–Crippen LogP) is 1.15. The highest BCUT2D eigenvalue weighted by Crippen LogP contribution is 2.18. The Morgan fingerprint density at radius 1 is 1.67 bits per heavy atom. The lowest BCUT2D eigenvalue weighted by Gasteiger charge is -2.37. The van der Waals surface area contributed by atoms with Gasteiger partial charge in [0, 0.05) is 25.2 Å². The van der Waals surface area contributed by atoms with Crippen molar-refractivity contribution < 1.29 is 9.90 Å². The monoisotopic (exact) mass is 189 g/mol. The number of rotatable bonds is 4. The number of likely N-dealkylation sites (tertiary alicyclic amines) is 1. The van der Waals surface area contributed by atoms with E-state index in [1.54, 1.807) is 0 Å². The maximum atomic E-state index is 10.3. The largest absolute Gasteiger partial charge is 0.481 e. The van der Waals surface area contributed by atoms with Crippen molar-refractivity contribution in [1.29, 1.82) is 0 Å². The maximum absolute atomic E-state index is 10.3. The van der Waals surface area contributed by atoms with Gasteiger partial charge in [0.25, 0.3) is 0 Å². The van der Waals surface area contributed by atoms with Crippen LogP contribution in [0.1, 0.15) is 6.42 Å². The second-order valence-corrected chi connectivity index (χ2v) is 3.30. The molecule has 68 valence electrons. The Kier molecular flexibility index (Phi) is 3.56. The van der Waals surface area contributed by atoms with Crippen molar-refractivity contribution in [2.75, 3.05) is 19.6 Å². The molecule has 0 spiro atoms. The van der Waals surface area contributed by atoms with E-state index in [-0.39, 0.29) is 0 Å². The summed E-state index contributed by atoms with van der Waals surface area (Å²) in [7, 11) is 0. The summed E-state index contributed by atoms with van der Waals surface area (Å²) in [6, 6.07) is 0. The van der Waals surface area contributed by atoms with Crippen LogP contribution in [0.3, 0.4) is 0 Å². The second-order valence-electron chi connectivity index (χ2n) is 3.04. The molecule has 0 saturated carbocycles. The summed E-state index contributed by atoms with van der Waals surface area (Å²) in [5.41, 5.74) is 1.49. The highest BCUT2D eigenvalue weighted by Gasteiger charge is 2.27. The molecule has 0 amide bonds. The van der Waals surface area contributed by atoms with Gasteiger partial charge in [0.05, 0.1) is 6.42 Å². The third-order valence-electron chi connectivity index (χ3n) is 1.95. The minimum absolute atomic E-state index is 0.293. The van der Waals surface area contributed by atoms with Crippen molar-refractivity contribution in [1.82, 2.24) is 4.90 Å². The highest BCUT2D eigenvalue weighted by molar-refractivity contribution is 6.25. The molecule has 0 radical (unpaired) electrons. The summed E-state index contributed by atoms with van der Waals surface area (Å²) in [5.74, 6) is -0.362. The highest BCUT2D eigenvalue weighted by atomic mass is 35.5. The first-order valence-corrected chi connectivity index (χ1v) is 4.35. The predicted molar refractivity (Wildman–Crippen MR) is 47.2 cm³/mol. The quantitative estimate of drug-likeness (QED) is 0.721. The smallest absolute Gasteiger partial charge is 0.303 e. The van der Waals surface area contributed by atoms with Gasteiger partial charge in [0.15, 0.2) is 0 Å². The molecule has 1 aliphatic rings. The Bertz CT molecular complexity index is 187. The van der Waals surface area contributed by atoms with E-state index in [4.69, 9.17) is 16.7 Å². The van der Waals surface area contributed by atoms with Gasteiger partial charge >= 0.3 is 5.97 Å². The molecule has 0 aromatic rings. The van der Waals surface area contributed by atoms with Crippen LogP contribution in [-0.4, -0.2) is 35.6 Å². The number of hydrogen-bond donors (Lipinski definition) is 1. The molecule has 0 aromatic heterocycles. The SMILES string of the molecule is O=C(O)CC1CN(CC=CCl)C1. The van der Waals surface area contributed by atoms with Crippen molar-refractivity contribution in [3.8, 4) is 0 Å². The van der Waals surface area contributed by atoms with Gasteiger partial charge in [-0.15, -0.1) is 0 Å². The van der Waals surface area contributed by atoms with Crippen LogP contribution in [0.4, 0.5) is 0 Å². The Labute approximate surface area is 76.6 Å². The number of carboxylic acids is 1. The summed E-state index contributed by atoms with van der Waals surface area (Å²) >= 11 is 5.35. The zero-order valence-electron chi connectivity index (χ0n) is 6.74. The summed E-state index contributed by atoms with van der Waals surface area (Å²) < 4.78 is 0. The molecule has 1 rings (SSSR count). The summed E-state index contributed by atoms with van der Waals surface area (Å²) in [4.78, 5) is 12.4. The van der Waals surface area contributed by atoms with Crippen molar-refractivity contribution in [2.24, 2.45) is 5.92 Å². The average Bonchev–Trinajstić information content (AvgIpc) is 1.93. The Morgan fingerprint density at radius 3 is 2.83 bits per heavy atom. The first-order chi connectivity index (χ1) is 5.72. The minimum atomic E-state index is -0.701. The molecule has 4 heteroatoms. The molecule has 1 N–H and O–H groups in total. The van der Waals surface area contributed by atoms with Crippen LogP contribution in [0.2, 0.25) is 0 Å². The van der Waals surface area contributed by atoms with E-state index in [0.29, 0.717) is 12.3 Å². The van der Waals surface area contributed by atoms with E-state index in [1.807, 2.05) is 6.08 Å². The first-order valence-electron chi connectivity index (χ1n) is 3.91. The molecule has 0 bridgehead atoms. The van der Waals surface area contributed by atoms with E-state index in [2.05, 4.69) is 4.90 Å². The normalized spacial score (nSPS) is 19.8. The van der Waals surface area contributed by atoms with E-state index in [0.717, 1.165) is 19.6 Å². The lowest BCUT2D eigenvalue weighted by atomic mass is 9.97. The number of aliphatic carboxylic acids is 1. The molecule has 1 saturated heterocycles. The van der Waals surface area contributed by atoms with Crippen LogP contribution in [0.15, 0.2) is 11.6 Å². The van der Waals surface area contributed by atoms with Gasteiger partial charge in [-0.1, -0.05) is 17.7 Å². The number of halogens is 1. The van der Waals surface area contributed by atoms with Crippen LogP contribution in [0, 0.1) is 5.92 Å². The fraction of sp³-hybridized carbons (Fsp3) is 0.625. The first kappa shape index (κ1) is 9.55. The van der Waals surface area contributed by atoms with Gasteiger partial charge in [-0.3, -0.25) is 9.69 Å². The number of nitrogens with zero attached hydrogens (tertiary/aromatic N) is 1. The Morgan fingerprint density at radius 2 is 2.33 bits per heavy atom. The third-order valence-corrected chi connectivity index (χ3v) is 2.13. The van der Waals surface area contributed by atoms with Gasteiger partial charge in [0.1, 0.15) is 0 Å². The van der Waals surface area contributed by atoms with E-state index in [9.17, 15) is 4.79 Å². The molecule has 3 nitrogen and oxygen atoms in total. The molecule has 0 aromatic carbocycles. The summed E-state index contributed by atoms with van der Waals surface area (Å²) in [6.45, 7) is 2.60. The van der Waals surface area contributed by atoms with Crippen molar-refractivity contribution in [3.63, 3.8) is 0 Å². The molecular formula is C8H12ClNO2. The molecular weight excluding hydrogens is 178 g/mol. The molecule has 0 unspecified atom stereocenters. The topological polar surface area (TPSA) is 40.5 Å². The average molecular weight is 190 g/mol. The van der Waals surface area contributed by atoms with Crippen molar-refractivity contribution in [3.05, 3.63) is 11.6 Å². The Balaban J connectivity index is 2.07. The lowest BCUT2D eigenvalue weighted by molar-refractivity contribution is -0.139. The van der Waals surface area contributed by atoms with Gasteiger partial charge < -0.3 is 5.11 Å². The summed E-state index contributed by atoms with van der Waals surface area (Å²) in [5, 5.41) is 8.46. The molecule has 0 aliphatic carbocycles. The van der Waals surface area contributed by atoms with E-state index >= 15 is 0 Å². The molecule has 12 heavy (non-hydrogen) atoms. The van der Waals surface area contributed by atoms with Gasteiger partial charge in [-0.25, -0.2) is 0 Å². The zero-order valence-corrected chi connectivity index (χ0v) is 7.50. The van der Waals surface area contributed by atoms with Crippen LogP contribution in [0.25, 0.3) is 0 Å². The second kappa shape index (κ2) is 4.48. The van der Waals surface area contributed by atoms with Crippen LogP contribution < -0.4 is 0 Å². The fourth-order valence-corrected chi connectivity index (χ4v) is 1.47. The van der Waals surface area contributed by atoms with Crippen molar-refractivity contribution in [2.45, 2.75) is 6.42 Å². The van der Waals surface area contributed by atoms with Gasteiger partial charge in [-0.2, -0.15) is 0 Å². The fourth-order valence-electron chi connectivity index (χ4n) is 1.39. The van der Waals surface area contributed by atoms with E-state index in [1.165, 1.54) is 5.54 Å². The maximum Gasteiger partial charge on any atom is 0.303 e. The van der Waals surface area contributed by atoms with Crippen LogP contribution in [0.5, 0.6) is 0 Å². The number of carboxylic acid groups (broad SMARTS) is 1. The Hall–Kier alpha value is -0.540. The molecule has 1 heterocycles. The van der Waals surface area contributed by atoms with E-state index < -0.39 is 5.97 Å². The van der Waals surface area contributed by atoms with Gasteiger partial charge in [0.2, 0.25) is 0 Å². The molecule has 0 atom stereocenters. The van der Waals surface area contributed by atoms with Crippen molar-refractivity contribution >= 4 is 17.6 Å². The number of carbonyl (C=O) groups is 1. The zero-order chi connectivity index (χ0) is 8.97. The molecule has 1 fully saturated rings. The number of hydrogen-bond acceptors (Lipinski definition) is 2. The van der Waals surface area contributed by atoms with Crippen LogP contribution in [-0.2, 0) is 4.79 Å². The summed E-state index contributed by atoms with van der Waals surface area (Å²) in [6.07, 6.45) is 2.15. The lowest BCUT2D eigenvalue weighted by Crippen LogP contribution is -2.47.